The zero-order valence-electron chi connectivity index (χ0n) is 6.79. The van der Waals surface area contributed by atoms with E-state index in [-0.39, 0.29) is 0 Å². The summed E-state index contributed by atoms with van der Waals surface area (Å²) >= 11 is 0. The van der Waals surface area contributed by atoms with Gasteiger partial charge in [0.1, 0.15) is 0 Å². The molecule has 12 heavy (non-hydrogen) atoms. The Kier molecular flexibility index (Phi) is 1.95. The van der Waals surface area contributed by atoms with Crippen molar-refractivity contribution in [3.8, 4) is 0 Å². The lowest BCUT2D eigenvalue weighted by molar-refractivity contribution is 0.506. The van der Waals surface area contributed by atoms with Crippen LogP contribution in [0, 0.1) is 5.92 Å². The summed E-state index contributed by atoms with van der Waals surface area (Å²) < 4.78 is 5.15. The molecule has 1 aromatic rings. The summed E-state index contributed by atoms with van der Waals surface area (Å²) in [5, 5.41) is 10.6. The van der Waals surface area contributed by atoms with Gasteiger partial charge in [-0.25, -0.2) is 0 Å². The molecular weight excluding hydrogens is 156 g/mol. The fraction of sp³-hybridized carbons (Fsp3) is 0.714. The molecule has 0 aromatic carbocycles. The topological polar surface area (TPSA) is 77.0 Å². The number of nitrogens with one attached hydrogen (secondary N) is 1. The van der Waals surface area contributed by atoms with E-state index in [0.717, 1.165) is 12.5 Å². The van der Waals surface area contributed by atoms with Gasteiger partial charge in [0, 0.05) is 6.54 Å². The lowest BCUT2D eigenvalue weighted by atomic mass is 10.4. The Labute approximate surface area is 70.3 Å². The van der Waals surface area contributed by atoms with E-state index in [2.05, 4.69) is 15.5 Å². The average Bonchev–Trinajstić information content (AvgIpc) is 2.81. The van der Waals surface area contributed by atoms with Crippen LogP contribution in [-0.2, 0) is 6.54 Å². The van der Waals surface area contributed by atoms with Crippen LogP contribution in [0.15, 0.2) is 4.42 Å². The van der Waals surface area contributed by atoms with Crippen molar-refractivity contribution in [2.45, 2.75) is 19.4 Å². The van der Waals surface area contributed by atoms with E-state index in [1.807, 2.05) is 0 Å². The normalized spacial score (nSPS) is 16.4. The zero-order chi connectivity index (χ0) is 8.39. The van der Waals surface area contributed by atoms with Gasteiger partial charge in [0.2, 0.25) is 5.89 Å². The first-order valence-corrected chi connectivity index (χ1v) is 4.15. The fourth-order valence-electron chi connectivity index (χ4n) is 0.961. The monoisotopic (exact) mass is 168 g/mol. The number of hydrogen-bond acceptors (Lipinski definition) is 5. The molecule has 0 bridgehead atoms. The van der Waals surface area contributed by atoms with Gasteiger partial charge in [-0.1, -0.05) is 5.10 Å². The van der Waals surface area contributed by atoms with Crippen molar-refractivity contribution >= 4 is 6.01 Å². The first-order valence-electron chi connectivity index (χ1n) is 4.15. The largest absolute Gasteiger partial charge is 0.407 e. The predicted octanol–water partition coefficient (Wildman–Crippen LogP) is 0.350. The second-order valence-electron chi connectivity index (χ2n) is 3.03. The molecule has 66 valence electrons. The van der Waals surface area contributed by atoms with Gasteiger partial charge in [-0.2, -0.15) is 0 Å². The number of nitrogens with zero attached hydrogens (tertiary/aromatic N) is 2. The minimum absolute atomic E-state index is 0.304. The fourth-order valence-corrected chi connectivity index (χ4v) is 0.961. The molecule has 1 aliphatic rings. The predicted molar refractivity (Wildman–Crippen MR) is 43.4 cm³/mol. The highest BCUT2D eigenvalue weighted by molar-refractivity contribution is 5.17. The van der Waals surface area contributed by atoms with E-state index in [9.17, 15) is 0 Å². The Balaban J connectivity index is 1.84. The highest BCUT2D eigenvalue weighted by Crippen LogP contribution is 2.28. The van der Waals surface area contributed by atoms with Crippen molar-refractivity contribution in [1.29, 1.82) is 0 Å². The maximum atomic E-state index is 5.31. The highest BCUT2D eigenvalue weighted by atomic mass is 16.4. The second-order valence-corrected chi connectivity index (χ2v) is 3.03. The molecule has 0 unspecified atom stereocenters. The van der Waals surface area contributed by atoms with E-state index in [1.54, 1.807) is 0 Å². The molecule has 0 atom stereocenters. The van der Waals surface area contributed by atoms with Gasteiger partial charge >= 0.3 is 6.01 Å². The lowest BCUT2D eigenvalue weighted by Gasteiger charge is -1.95. The van der Waals surface area contributed by atoms with Crippen molar-refractivity contribution in [3.05, 3.63) is 5.89 Å². The van der Waals surface area contributed by atoms with Crippen molar-refractivity contribution in [2.24, 2.45) is 11.7 Å². The highest BCUT2D eigenvalue weighted by Gasteiger charge is 2.21. The third kappa shape index (κ3) is 1.73. The van der Waals surface area contributed by atoms with Gasteiger partial charge in [-0.05, 0) is 18.8 Å². The molecule has 3 N–H and O–H groups in total. The molecule has 0 amide bonds. The third-order valence-electron chi connectivity index (χ3n) is 1.88. The standard InChI is InChI=1S/C7H12N4O/c8-3-6-10-11-7(12-6)9-4-5-1-2-5/h5H,1-4,8H2,(H,9,11). The van der Waals surface area contributed by atoms with Crippen LogP contribution in [0.4, 0.5) is 6.01 Å². The zero-order valence-corrected chi connectivity index (χ0v) is 6.79. The summed E-state index contributed by atoms with van der Waals surface area (Å²) in [6.07, 6.45) is 2.62. The Morgan fingerprint density at radius 1 is 1.50 bits per heavy atom. The van der Waals surface area contributed by atoms with Crippen LogP contribution in [0.5, 0.6) is 0 Å². The van der Waals surface area contributed by atoms with Gasteiger partial charge in [0.25, 0.3) is 0 Å². The first kappa shape index (κ1) is 7.54. The minimum atomic E-state index is 0.304. The van der Waals surface area contributed by atoms with Crippen molar-refractivity contribution in [2.75, 3.05) is 11.9 Å². The molecule has 1 fully saturated rings. The summed E-state index contributed by atoms with van der Waals surface area (Å²) in [7, 11) is 0. The molecule has 5 nitrogen and oxygen atoms in total. The van der Waals surface area contributed by atoms with Crippen LogP contribution >= 0.6 is 0 Å². The summed E-state index contributed by atoms with van der Waals surface area (Å²) in [6, 6.07) is 0.488. The number of hydrogen-bond donors (Lipinski definition) is 2. The Bertz CT molecular complexity index is 256. The SMILES string of the molecule is NCc1nnc(NCC2CC2)o1. The minimum Gasteiger partial charge on any atom is -0.407 e. The molecule has 0 aliphatic heterocycles. The number of anilines is 1. The van der Waals surface area contributed by atoms with Gasteiger partial charge in [-0.15, -0.1) is 5.10 Å². The van der Waals surface area contributed by atoms with Gasteiger partial charge in [0.15, 0.2) is 0 Å². The van der Waals surface area contributed by atoms with E-state index < -0.39 is 0 Å². The molecule has 5 heteroatoms. The Hall–Kier alpha value is -1.10. The van der Waals surface area contributed by atoms with Crippen molar-refractivity contribution in [1.82, 2.24) is 10.2 Å². The third-order valence-corrected chi connectivity index (χ3v) is 1.88. The first-order chi connectivity index (χ1) is 5.88. The quantitative estimate of drug-likeness (QED) is 0.678. The number of nitrogens with two attached hydrogens (primary N) is 1. The van der Waals surface area contributed by atoms with Crippen LogP contribution in [-0.4, -0.2) is 16.7 Å². The Morgan fingerprint density at radius 3 is 2.92 bits per heavy atom. The molecule has 1 aliphatic carbocycles. The summed E-state index contributed by atoms with van der Waals surface area (Å²) in [4.78, 5) is 0. The van der Waals surface area contributed by atoms with Crippen LogP contribution in [0.25, 0.3) is 0 Å². The average molecular weight is 168 g/mol. The van der Waals surface area contributed by atoms with E-state index >= 15 is 0 Å². The molecule has 1 heterocycles. The smallest absolute Gasteiger partial charge is 0.315 e. The van der Waals surface area contributed by atoms with Gasteiger partial charge in [0.05, 0.1) is 6.54 Å². The van der Waals surface area contributed by atoms with Crippen LogP contribution in [0.2, 0.25) is 0 Å². The molecule has 1 aromatic heterocycles. The number of rotatable bonds is 4. The molecule has 0 spiro atoms. The van der Waals surface area contributed by atoms with Gasteiger partial charge < -0.3 is 15.5 Å². The molecule has 0 saturated heterocycles. The lowest BCUT2D eigenvalue weighted by Crippen LogP contribution is -2.02. The van der Waals surface area contributed by atoms with Crippen molar-refractivity contribution in [3.63, 3.8) is 0 Å². The summed E-state index contributed by atoms with van der Waals surface area (Å²) in [6.45, 7) is 1.24. The van der Waals surface area contributed by atoms with E-state index in [4.69, 9.17) is 10.2 Å². The van der Waals surface area contributed by atoms with E-state index in [0.29, 0.717) is 18.5 Å². The summed E-state index contributed by atoms with van der Waals surface area (Å²) in [5.41, 5.74) is 5.31. The van der Waals surface area contributed by atoms with E-state index in [1.165, 1.54) is 12.8 Å². The van der Waals surface area contributed by atoms with Gasteiger partial charge in [-0.3, -0.25) is 0 Å². The van der Waals surface area contributed by atoms with Crippen LogP contribution in [0.3, 0.4) is 0 Å². The number of aromatic nitrogens is 2. The second kappa shape index (κ2) is 3.10. The summed E-state index contributed by atoms with van der Waals surface area (Å²) in [5.74, 6) is 1.28. The van der Waals surface area contributed by atoms with Crippen molar-refractivity contribution < 1.29 is 4.42 Å². The maximum absolute atomic E-state index is 5.31. The van der Waals surface area contributed by atoms with Crippen LogP contribution in [0.1, 0.15) is 18.7 Å². The maximum Gasteiger partial charge on any atom is 0.315 e. The Morgan fingerprint density at radius 2 is 2.33 bits per heavy atom. The molecule has 2 rings (SSSR count). The molecular formula is C7H12N4O. The molecule has 1 saturated carbocycles. The molecule has 0 radical (unpaired) electrons. The van der Waals surface area contributed by atoms with Crippen LogP contribution < -0.4 is 11.1 Å².